The van der Waals surface area contributed by atoms with Crippen LogP contribution in [0.5, 0.6) is 0 Å². The Bertz CT molecular complexity index is 594. The fourth-order valence-corrected chi connectivity index (χ4v) is 4.15. The Morgan fingerprint density at radius 2 is 2.00 bits per heavy atom. The van der Waals surface area contributed by atoms with Crippen molar-refractivity contribution in [1.82, 2.24) is 10.3 Å². The highest BCUT2D eigenvalue weighted by atomic mass is 35.5. The lowest BCUT2D eigenvalue weighted by molar-refractivity contribution is 0.596. The Morgan fingerprint density at radius 1 is 1.20 bits per heavy atom. The Hall–Kier alpha value is -0.900. The molecule has 2 aliphatic carbocycles. The van der Waals surface area contributed by atoms with E-state index in [1.54, 1.807) is 0 Å². The summed E-state index contributed by atoms with van der Waals surface area (Å²) in [5, 5.41) is 5.75. The Kier molecular flexibility index (Phi) is 3.29. The second kappa shape index (κ2) is 5.14. The third kappa shape index (κ3) is 2.50. The maximum atomic E-state index is 6.01. The highest BCUT2D eigenvalue weighted by Gasteiger charge is 2.29. The monoisotopic (exact) mass is 304 g/mol. The molecule has 20 heavy (non-hydrogen) atoms. The molecular weight excluding hydrogens is 288 g/mol. The van der Waals surface area contributed by atoms with Crippen LogP contribution in [0.25, 0.3) is 0 Å². The van der Waals surface area contributed by atoms with Gasteiger partial charge in [0.05, 0.1) is 11.7 Å². The highest BCUT2D eigenvalue weighted by Crippen LogP contribution is 2.35. The molecule has 0 aliphatic heterocycles. The summed E-state index contributed by atoms with van der Waals surface area (Å²) in [6.07, 6.45) is 6.22. The first-order valence-corrected chi connectivity index (χ1v) is 8.49. The van der Waals surface area contributed by atoms with Crippen molar-refractivity contribution >= 4 is 22.9 Å². The van der Waals surface area contributed by atoms with Gasteiger partial charge in [0.15, 0.2) is 0 Å². The molecule has 1 N–H and O–H groups in total. The van der Waals surface area contributed by atoms with E-state index in [4.69, 9.17) is 16.6 Å². The molecule has 0 spiro atoms. The minimum atomic E-state index is 0.232. The van der Waals surface area contributed by atoms with Gasteiger partial charge in [0.2, 0.25) is 0 Å². The van der Waals surface area contributed by atoms with Crippen molar-refractivity contribution in [2.75, 3.05) is 0 Å². The van der Waals surface area contributed by atoms with E-state index < -0.39 is 0 Å². The number of fused-ring (bicyclic) bond motifs is 1. The number of aryl methyl sites for hydroxylation is 2. The van der Waals surface area contributed by atoms with Crippen LogP contribution in [-0.4, -0.2) is 11.0 Å². The summed E-state index contributed by atoms with van der Waals surface area (Å²) >= 11 is 7.90. The number of hydrogen-bond donors (Lipinski definition) is 1. The lowest BCUT2D eigenvalue weighted by Gasteiger charge is -2.17. The van der Waals surface area contributed by atoms with Crippen LogP contribution in [0.2, 0.25) is 5.02 Å². The molecule has 1 saturated carbocycles. The molecule has 0 radical (unpaired) electrons. The second-order valence-corrected chi connectivity index (χ2v) is 7.25. The van der Waals surface area contributed by atoms with Crippen molar-refractivity contribution < 1.29 is 0 Å². The van der Waals surface area contributed by atoms with Crippen LogP contribution in [0.4, 0.5) is 0 Å². The second-order valence-electron chi connectivity index (χ2n) is 5.70. The van der Waals surface area contributed by atoms with Crippen molar-refractivity contribution in [1.29, 1.82) is 0 Å². The number of hydrogen-bond acceptors (Lipinski definition) is 3. The normalized spacial score (nSPS) is 19.1. The number of benzene rings is 1. The molecule has 0 saturated heterocycles. The van der Waals surface area contributed by atoms with Gasteiger partial charge in [-0.25, -0.2) is 4.98 Å². The van der Waals surface area contributed by atoms with Gasteiger partial charge >= 0.3 is 0 Å². The number of rotatable bonds is 4. The van der Waals surface area contributed by atoms with Gasteiger partial charge < -0.3 is 5.32 Å². The molecule has 4 rings (SSSR count). The molecule has 4 heteroatoms. The van der Waals surface area contributed by atoms with E-state index in [0.29, 0.717) is 6.04 Å². The molecule has 1 aromatic carbocycles. The zero-order valence-corrected chi connectivity index (χ0v) is 12.8. The Balaban J connectivity index is 1.68. The van der Waals surface area contributed by atoms with E-state index in [1.807, 2.05) is 23.5 Å². The van der Waals surface area contributed by atoms with E-state index >= 15 is 0 Å². The lowest BCUT2D eigenvalue weighted by atomic mass is 10.1. The lowest BCUT2D eigenvalue weighted by Crippen LogP contribution is -2.24. The van der Waals surface area contributed by atoms with Crippen LogP contribution in [-0.2, 0) is 12.8 Å². The minimum absolute atomic E-state index is 0.232. The molecule has 104 valence electrons. The molecule has 2 aliphatic rings. The van der Waals surface area contributed by atoms with Crippen LogP contribution in [0, 0.1) is 0 Å². The molecule has 1 aromatic heterocycles. The average Bonchev–Trinajstić information content (AvgIpc) is 3.01. The van der Waals surface area contributed by atoms with Crippen molar-refractivity contribution in [2.24, 2.45) is 0 Å². The summed E-state index contributed by atoms with van der Waals surface area (Å²) in [6, 6.07) is 9.08. The minimum Gasteiger partial charge on any atom is -0.301 e. The number of thiazole rings is 1. The van der Waals surface area contributed by atoms with Crippen molar-refractivity contribution in [3.05, 3.63) is 50.4 Å². The summed E-state index contributed by atoms with van der Waals surface area (Å²) < 4.78 is 0. The van der Waals surface area contributed by atoms with Crippen molar-refractivity contribution in [3.63, 3.8) is 0 Å². The van der Waals surface area contributed by atoms with E-state index in [0.717, 1.165) is 11.4 Å². The summed E-state index contributed by atoms with van der Waals surface area (Å²) in [7, 11) is 0. The van der Waals surface area contributed by atoms with Crippen LogP contribution in [0.15, 0.2) is 24.3 Å². The first-order valence-electron chi connectivity index (χ1n) is 7.29. The van der Waals surface area contributed by atoms with Crippen molar-refractivity contribution in [2.45, 2.75) is 44.2 Å². The van der Waals surface area contributed by atoms with Crippen LogP contribution >= 0.6 is 22.9 Å². The average molecular weight is 305 g/mol. The van der Waals surface area contributed by atoms with E-state index in [2.05, 4.69) is 17.4 Å². The van der Waals surface area contributed by atoms with Gasteiger partial charge in [-0.15, -0.1) is 11.3 Å². The fourth-order valence-electron chi connectivity index (χ4n) is 2.78. The highest BCUT2D eigenvalue weighted by molar-refractivity contribution is 7.11. The summed E-state index contributed by atoms with van der Waals surface area (Å²) in [5.74, 6) is 0. The zero-order chi connectivity index (χ0) is 13.5. The molecule has 1 unspecified atom stereocenters. The Labute approximate surface area is 128 Å². The maximum Gasteiger partial charge on any atom is 0.115 e. The predicted molar refractivity (Wildman–Crippen MR) is 83.6 cm³/mol. The standard InChI is InChI=1S/C16H17ClN2S/c17-11-6-4-10(5-7-11)15(18-12-8-9-12)16-19-13-2-1-3-14(13)20-16/h4-7,12,15,18H,1-3,8-9H2. The van der Waals surface area contributed by atoms with Gasteiger partial charge in [-0.3, -0.25) is 0 Å². The van der Waals surface area contributed by atoms with Gasteiger partial charge in [0, 0.05) is 15.9 Å². The number of aromatic nitrogens is 1. The van der Waals surface area contributed by atoms with Gasteiger partial charge in [0.1, 0.15) is 5.01 Å². The maximum absolute atomic E-state index is 6.01. The number of halogens is 1. The molecule has 0 bridgehead atoms. The van der Waals surface area contributed by atoms with E-state index in [9.17, 15) is 0 Å². The molecule has 2 aromatic rings. The Morgan fingerprint density at radius 3 is 2.70 bits per heavy atom. The SMILES string of the molecule is Clc1ccc(C(NC2CC2)c2nc3c(s2)CCC3)cc1. The van der Waals surface area contributed by atoms with E-state index in [1.165, 1.54) is 46.8 Å². The third-order valence-electron chi connectivity index (χ3n) is 4.04. The van der Waals surface area contributed by atoms with Gasteiger partial charge in [-0.05, 0) is 49.8 Å². The quantitative estimate of drug-likeness (QED) is 0.919. The fraction of sp³-hybridized carbons (Fsp3) is 0.438. The summed E-state index contributed by atoms with van der Waals surface area (Å²) in [6.45, 7) is 0. The smallest absolute Gasteiger partial charge is 0.115 e. The predicted octanol–water partition coefficient (Wildman–Crippen LogP) is 4.13. The van der Waals surface area contributed by atoms with Gasteiger partial charge in [-0.2, -0.15) is 0 Å². The molecule has 0 amide bonds. The first-order chi connectivity index (χ1) is 9.79. The number of nitrogens with zero attached hydrogens (tertiary/aromatic N) is 1. The van der Waals surface area contributed by atoms with E-state index in [-0.39, 0.29) is 6.04 Å². The van der Waals surface area contributed by atoms with Crippen LogP contribution < -0.4 is 5.32 Å². The van der Waals surface area contributed by atoms with Crippen molar-refractivity contribution in [3.8, 4) is 0 Å². The summed E-state index contributed by atoms with van der Waals surface area (Å²) in [5.41, 5.74) is 2.61. The van der Waals surface area contributed by atoms with Crippen LogP contribution in [0.3, 0.4) is 0 Å². The zero-order valence-electron chi connectivity index (χ0n) is 11.2. The van der Waals surface area contributed by atoms with Gasteiger partial charge in [0.25, 0.3) is 0 Å². The number of nitrogens with one attached hydrogen (secondary N) is 1. The molecule has 1 fully saturated rings. The molecule has 1 atom stereocenters. The molecular formula is C16H17ClN2S. The van der Waals surface area contributed by atoms with Gasteiger partial charge in [-0.1, -0.05) is 23.7 Å². The molecule has 1 heterocycles. The van der Waals surface area contributed by atoms with Crippen LogP contribution in [0.1, 0.15) is 46.4 Å². The largest absolute Gasteiger partial charge is 0.301 e. The summed E-state index contributed by atoms with van der Waals surface area (Å²) in [4.78, 5) is 6.39. The first kappa shape index (κ1) is 12.8. The third-order valence-corrected chi connectivity index (χ3v) is 5.52. The molecule has 2 nitrogen and oxygen atoms in total. The topological polar surface area (TPSA) is 24.9 Å².